The Kier molecular flexibility index (Phi) is 4.81. The Bertz CT molecular complexity index is 314. The first-order chi connectivity index (χ1) is 9.01. The smallest absolute Gasteiger partial charge is 0.237 e. The number of carbonyl (C=O) groups excluding carboxylic acids is 1. The van der Waals surface area contributed by atoms with E-state index in [0.29, 0.717) is 12.6 Å². The molecule has 5 heteroatoms. The molecule has 2 heterocycles. The average molecular weight is 270 g/mol. The van der Waals surface area contributed by atoms with E-state index in [2.05, 4.69) is 10.6 Å². The molecule has 1 amide bonds. The lowest BCUT2D eigenvalue weighted by Gasteiger charge is -2.38. The Morgan fingerprint density at radius 1 is 1.32 bits per heavy atom. The van der Waals surface area contributed by atoms with Crippen molar-refractivity contribution >= 4 is 5.91 Å². The molecule has 0 aliphatic carbocycles. The molecule has 0 aromatic heterocycles. The molecule has 0 aromatic rings. The first-order valence-electron chi connectivity index (χ1n) is 7.29. The van der Waals surface area contributed by atoms with E-state index < -0.39 is 0 Å². The van der Waals surface area contributed by atoms with Gasteiger partial charge in [-0.1, -0.05) is 0 Å². The van der Waals surface area contributed by atoms with Gasteiger partial charge in [0.15, 0.2) is 0 Å². The van der Waals surface area contributed by atoms with Gasteiger partial charge in [-0.05, 0) is 33.6 Å². The van der Waals surface area contributed by atoms with Crippen LogP contribution in [0.3, 0.4) is 0 Å². The summed E-state index contributed by atoms with van der Waals surface area (Å²) in [5.74, 6) is 0.0678. The van der Waals surface area contributed by atoms with Gasteiger partial charge in [-0.3, -0.25) is 4.79 Å². The lowest BCUT2D eigenvalue weighted by atomic mass is 9.89. The summed E-state index contributed by atoms with van der Waals surface area (Å²) in [4.78, 5) is 11.9. The van der Waals surface area contributed by atoms with Crippen LogP contribution >= 0.6 is 0 Å². The average Bonchev–Trinajstić information content (AvgIpc) is 2.76. The summed E-state index contributed by atoms with van der Waals surface area (Å²) in [5.41, 5.74) is -0.107. The van der Waals surface area contributed by atoms with Crippen molar-refractivity contribution in [3.05, 3.63) is 0 Å². The molecule has 2 aliphatic heterocycles. The summed E-state index contributed by atoms with van der Waals surface area (Å²) in [6, 6.07) is 0.356. The van der Waals surface area contributed by atoms with Gasteiger partial charge in [-0.2, -0.15) is 0 Å². The minimum atomic E-state index is -0.162. The Morgan fingerprint density at radius 2 is 2.11 bits per heavy atom. The van der Waals surface area contributed by atoms with Gasteiger partial charge in [0.2, 0.25) is 5.91 Å². The van der Waals surface area contributed by atoms with E-state index in [1.807, 2.05) is 20.8 Å². The Labute approximate surface area is 115 Å². The third kappa shape index (κ3) is 3.91. The van der Waals surface area contributed by atoms with Gasteiger partial charge in [-0.15, -0.1) is 0 Å². The second kappa shape index (κ2) is 6.20. The van der Waals surface area contributed by atoms with Crippen molar-refractivity contribution in [3.8, 4) is 0 Å². The normalized spacial score (nSPS) is 32.7. The van der Waals surface area contributed by atoms with Gasteiger partial charge in [0.05, 0.1) is 18.2 Å². The van der Waals surface area contributed by atoms with Crippen molar-refractivity contribution in [2.45, 2.75) is 63.8 Å². The fraction of sp³-hybridized carbons (Fsp3) is 0.929. The molecule has 3 unspecified atom stereocenters. The third-order valence-electron chi connectivity index (χ3n) is 3.87. The molecule has 1 spiro atoms. The molecule has 2 fully saturated rings. The van der Waals surface area contributed by atoms with E-state index >= 15 is 0 Å². The minimum Gasteiger partial charge on any atom is -0.378 e. The molecule has 2 rings (SSSR count). The summed E-state index contributed by atoms with van der Waals surface area (Å²) in [6.07, 6.45) is 2.87. The van der Waals surface area contributed by atoms with Gasteiger partial charge in [-0.25, -0.2) is 0 Å². The SMILES string of the molecule is CC(C)NC(=O)C(C)NC1CCOC2(CCOC2)C1. The number of hydrogen-bond acceptors (Lipinski definition) is 4. The van der Waals surface area contributed by atoms with Gasteiger partial charge in [0.25, 0.3) is 0 Å². The largest absolute Gasteiger partial charge is 0.378 e. The number of amides is 1. The van der Waals surface area contributed by atoms with Crippen LogP contribution in [0.25, 0.3) is 0 Å². The Hall–Kier alpha value is -0.650. The summed E-state index contributed by atoms with van der Waals surface area (Å²) in [7, 11) is 0. The van der Waals surface area contributed by atoms with Gasteiger partial charge in [0, 0.05) is 31.7 Å². The first kappa shape index (κ1) is 14.8. The molecular weight excluding hydrogens is 244 g/mol. The lowest BCUT2D eigenvalue weighted by Crippen LogP contribution is -2.53. The summed E-state index contributed by atoms with van der Waals surface area (Å²) in [5, 5.41) is 6.36. The summed E-state index contributed by atoms with van der Waals surface area (Å²) >= 11 is 0. The highest BCUT2D eigenvalue weighted by Gasteiger charge is 2.41. The van der Waals surface area contributed by atoms with Crippen molar-refractivity contribution in [2.75, 3.05) is 19.8 Å². The molecule has 2 saturated heterocycles. The molecule has 3 atom stereocenters. The second-order valence-corrected chi connectivity index (χ2v) is 6.08. The number of ether oxygens (including phenoxy) is 2. The van der Waals surface area contributed by atoms with E-state index in [9.17, 15) is 4.79 Å². The minimum absolute atomic E-state index is 0.0678. The van der Waals surface area contributed by atoms with Crippen molar-refractivity contribution in [3.63, 3.8) is 0 Å². The number of hydrogen-bond donors (Lipinski definition) is 2. The van der Waals surface area contributed by atoms with Crippen molar-refractivity contribution in [2.24, 2.45) is 0 Å². The molecule has 0 saturated carbocycles. The third-order valence-corrected chi connectivity index (χ3v) is 3.87. The highest BCUT2D eigenvalue weighted by Crippen LogP contribution is 2.32. The van der Waals surface area contributed by atoms with Crippen molar-refractivity contribution in [1.82, 2.24) is 10.6 Å². The molecular formula is C14H26N2O3. The second-order valence-electron chi connectivity index (χ2n) is 6.08. The molecule has 0 aromatic carbocycles. The maximum absolute atomic E-state index is 11.9. The maximum atomic E-state index is 11.9. The van der Waals surface area contributed by atoms with Crippen LogP contribution in [-0.4, -0.2) is 49.5 Å². The Morgan fingerprint density at radius 3 is 2.74 bits per heavy atom. The zero-order chi connectivity index (χ0) is 13.9. The highest BCUT2D eigenvalue weighted by atomic mass is 16.6. The van der Waals surface area contributed by atoms with Crippen LogP contribution in [0.1, 0.15) is 40.0 Å². The first-order valence-corrected chi connectivity index (χ1v) is 7.29. The van der Waals surface area contributed by atoms with Gasteiger partial charge in [0.1, 0.15) is 0 Å². The zero-order valence-electron chi connectivity index (χ0n) is 12.2. The van der Waals surface area contributed by atoms with Crippen LogP contribution in [0.5, 0.6) is 0 Å². The topological polar surface area (TPSA) is 59.6 Å². The standard InChI is InChI=1S/C14H26N2O3/c1-10(2)15-13(17)11(3)16-12-4-6-19-14(8-12)5-7-18-9-14/h10-12,16H,4-9H2,1-3H3,(H,15,17). The summed E-state index contributed by atoms with van der Waals surface area (Å²) < 4.78 is 11.4. The predicted octanol–water partition coefficient (Wildman–Crippen LogP) is 0.827. The van der Waals surface area contributed by atoms with E-state index in [0.717, 1.165) is 32.5 Å². The van der Waals surface area contributed by atoms with Crippen molar-refractivity contribution < 1.29 is 14.3 Å². The van der Waals surface area contributed by atoms with E-state index in [1.54, 1.807) is 0 Å². The Balaban J connectivity index is 1.83. The fourth-order valence-corrected chi connectivity index (χ4v) is 2.87. The van der Waals surface area contributed by atoms with Crippen LogP contribution in [0.4, 0.5) is 0 Å². The maximum Gasteiger partial charge on any atom is 0.237 e. The monoisotopic (exact) mass is 270 g/mol. The van der Waals surface area contributed by atoms with Gasteiger partial charge < -0.3 is 20.1 Å². The van der Waals surface area contributed by atoms with Crippen LogP contribution in [0.15, 0.2) is 0 Å². The van der Waals surface area contributed by atoms with E-state index in [1.165, 1.54) is 0 Å². The number of nitrogens with one attached hydrogen (secondary N) is 2. The van der Waals surface area contributed by atoms with Crippen LogP contribution in [-0.2, 0) is 14.3 Å². The highest BCUT2D eigenvalue weighted by molar-refractivity contribution is 5.81. The quantitative estimate of drug-likeness (QED) is 0.794. The lowest BCUT2D eigenvalue weighted by molar-refractivity contribution is -0.124. The molecule has 5 nitrogen and oxygen atoms in total. The summed E-state index contributed by atoms with van der Waals surface area (Å²) in [6.45, 7) is 8.10. The molecule has 110 valence electrons. The van der Waals surface area contributed by atoms with E-state index in [4.69, 9.17) is 9.47 Å². The fourth-order valence-electron chi connectivity index (χ4n) is 2.87. The molecule has 2 N–H and O–H groups in total. The molecule has 19 heavy (non-hydrogen) atoms. The predicted molar refractivity (Wildman–Crippen MR) is 73.0 cm³/mol. The molecule has 2 aliphatic rings. The van der Waals surface area contributed by atoms with Gasteiger partial charge >= 0.3 is 0 Å². The number of carbonyl (C=O) groups is 1. The number of rotatable bonds is 4. The van der Waals surface area contributed by atoms with E-state index in [-0.39, 0.29) is 23.6 Å². The van der Waals surface area contributed by atoms with Crippen LogP contribution < -0.4 is 10.6 Å². The van der Waals surface area contributed by atoms with Crippen LogP contribution in [0.2, 0.25) is 0 Å². The van der Waals surface area contributed by atoms with Crippen molar-refractivity contribution in [1.29, 1.82) is 0 Å². The molecule has 0 bridgehead atoms. The molecule has 0 radical (unpaired) electrons. The zero-order valence-corrected chi connectivity index (χ0v) is 12.2. The van der Waals surface area contributed by atoms with Crippen LogP contribution in [0, 0.1) is 0 Å².